The molecule has 0 saturated heterocycles. The van der Waals surface area contributed by atoms with Crippen molar-refractivity contribution in [2.45, 2.75) is 26.3 Å². The fourth-order valence-electron chi connectivity index (χ4n) is 4.51. The number of hydrogen-bond donors (Lipinski definition) is 0. The Kier molecular flexibility index (Phi) is 4.36. The monoisotopic (exact) mass is 390 g/mol. The van der Waals surface area contributed by atoms with Crippen LogP contribution in [0.4, 0.5) is 11.4 Å². The molecule has 0 radical (unpaired) electrons. The van der Waals surface area contributed by atoms with Crippen LogP contribution in [0.25, 0.3) is 27.5 Å². The Morgan fingerprint density at radius 1 is 0.600 bits per heavy atom. The van der Waals surface area contributed by atoms with E-state index in [9.17, 15) is 0 Å². The molecule has 148 valence electrons. The molecule has 5 aromatic rings. The first kappa shape index (κ1) is 18.5. The lowest BCUT2D eigenvalue weighted by Crippen LogP contribution is -2.37. The molecule has 0 N–H and O–H groups in total. The number of benzene rings is 4. The van der Waals surface area contributed by atoms with Crippen LogP contribution in [0, 0.1) is 0 Å². The average Bonchev–Trinajstić information content (AvgIpc) is 3.09. The molecule has 0 aliphatic rings. The van der Waals surface area contributed by atoms with Crippen LogP contribution in [-0.4, -0.2) is 10.1 Å². The van der Waals surface area contributed by atoms with Gasteiger partial charge in [-0.2, -0.15) is 0 Å². The highest BCUT2D eigenvalue weighted by atomic mass is 15.2. The first-order chi connectivity index (χ1) is 14.6. The summed E-state index contributed by atoms with van der Waals surface area (Å²) in [4.78, 5) is 2.46. The van der Waals surface area contributed by atoms with E-state index in [1.54, 1.807) is 0 Å². The molecule has 0 atom stereocenters. The minimum absolute atomic E-state index is 0.0778. The number of rotatable bonds is 3. The van der Waals surface area contributed by atoms with Crippen LogP contribution in [0.1, 0.15) is 20.8 Å². The number of anilines is 2. The third-order valence-corrected chi connectivity index (χ3v) is 5.62. The highest BCUT2D eigenvalue weighted by molar-refractivity contribution is 6.15. The van der Waals surface area contributed by atoms with Gasteiger partial charge in [0.1, 0.15) is 0 Å². The maximum absolute atomic E-state index is 2.46. The number of para-hydroxylation sites is 3. The topological polar surface area (TPSA) is 8.17 Å². The van der Waals surface area contributed by atoms with Crippen LogP contribution in [0.15, 0.2) is 103 Å². The lowest BCUT2D eigenvalue weighted by atomic mass is 10.0. The zero-order valence-corrected chi connectivity index (χ0v) is 17.7. The quantitative estimate of drug-likeness (QED) is 0.306. The Labute approximate surface area is 178 Å². The molecule has 30 heavy (non-hydrogen) atoms. The van der Waals surface area contributed by atoms with E-state index >= 15 is 0 Å². The Morgan fingerprint density at radius 2 is 1.20 bits per heavy atom. The second kappa shape index (κ2) is 7.07. The smallest absolute Gasteiger partial charge is 0.0562 e. The number of aromatic nitrogens is 1. The van der Waals surface area contributed by atoms with E-state index in [0.717, 1.165) is 0 Å². The fourth-order valence-corrected chi connectivity index (χ4v) is 4.51. The molecule has 1 aromatic heterocycles. The maximum atomic E-state index is 2.46. The maximum Gasteiger partial charge on any atom is 0.0562 e. The van der Waals surface area contributed by atoms with Gasteiger partial charge in [-0.25, -0.2) is 0 Å². The van der Waals surface area contributed by atoms with Gasteiger partial charge in [-0.1, -0.05) is 60.7 Å². The summed E-state index contributed by atoms with van der Waals surface area (Å²) in [5.74, 6) is 0. The van der Waals surface area contributed by atoms with E-state index in [1.165, 1.54) is 38.9 Å². The SMILES string of the molecule is CC(C)(C)N(c1ccccc1)c1cccc2c1c1ccccc1n2-c1ccccc1. The summed E-state index contributed by atoms with van der Waals surface area (Å²) in [6.45, 7) is 6.82. The van der Waals surface area contributed by atoms with Gasteiger partial charge in [0.05, 0.1) is 16.7 Å². The molecule has 1 heterocycles. The van der Waals surface area contributed by atoms with Gasteiger partial charge in [0, 0.05) is 27.7 Å². The normalized spacial score (nSPS) is 11.8. The third kappa shape index (κ3) is 2.96. The van der Waals surface area contributed by atoms with E-state index in [4.69, 9.17) is 0 Å². The van der Waals surface area contributed by atoms with Gasteiger partial charge < -0.3 is 9.47 Å². The van der Waals surface area contributed by atoms with E-state index in [-0.39, 0.29) is 5.54 Å². The molecule has 0 bridgehead atoms. The molecule has 0 amide bonds. The summed E-state index contributed by atoms with van der Waals surface area (Å²) in [5.41, 5.74) is 6.00. The second-order valence-electron chi connectivity index (χ2n) is 8.70. The van der Waals surface area contributed by atoms with E-state index < -0.39 is 0 Å². The van der Waals surface area contributed by atoms with E-state index in [1.807, 2.05) is 0 Å². The van der Waals surface area contributed by atoms with E-state index in [0.29, 0.717) is 0 Å². The highest BCUT2D eigenvalue weighted by Crippen LogP contribution is 2.42. The molecule has 0 fully saturated rings. The lowest BCUT2D eigenvalue weighted by Gasteiger charge is -2.38. The Morgan fingerprint density at radius 3 is 1.90 bits per heavy atom. The molecule has 2 heteroatoms. The number of nitrogens with zero attached hydrogens (tertiary/aromatic N) is 2. The lowest BCUT2D eigenvalue weighted by molar-refractivity contribution is 0.561. The molecule has 2 nitrogen and oxygen atoms in total. The van der Waals surface area contributed by atoms with Crippen molar-refractivity contribution >= 4 is 33.2 Å². The third-order valence-electron chi connectivity index (χ3n) is 5.62. The van der Waals surface area contributed by atoms with Gasteiger partial charge in [0.25, 0.3) is 0 Å². The second-order valence-corrected chi connectivity index (χ2v) is 8.70. The molecule has 0 spiro atoms. The van der Waals surface area contributed by atoms with Gasteiger partial charge in [0.15, 0.2) is 0 Å². The molecule has 5 rings (SSSR count). The summed E-state index contributed by atoms with van der Waals surface area (Å²) in [6.07, 6.45) is 0. The molecule has 0 unspecified atom stereocenters. The Balaban J connectivity index is 1.90. The first-order valence-electron chi connectivity index (χ1n) is 10.5. The van der Waals surface area contributed by atoms with Crippen LogP contribution in [0.5, 0.6) is 0 Å². The van der Waals surface area contributed by atoms with Gasteiger partial charge in [0.2, 0.25) is 0 Å². The summed E-state index contributed by atoms with van der Waals surface area (Å²) >= 11 is 0. The molecule has 0 saturated carbocycles. The van der Waals surface area contributed by atoms with Crippen molar-refractivity contribution in [3.63, 3.8) is 0 Å². The zero-order valence-electron chi connectivity index (χ0n) is 17.7. The van der Waals surface area contributed by atoms with Gasteiger partial charge in [-0.15, -0.1) is 0 Å². The molecule has 0 aliphatic carbocycles. The van der Waals surface area contributed by atoms with Crippen molar-refractivity contribution in [1.29, 1.82) is 0 Å². The highest BCUT2D eigenvalue weighted by Gasteiger charge is 2.27. The Bertz CT molecular complexity index is 1310. The van der Waals surface area contributed by atoms with Crippen LogP contribution in [-0.2, 0) is 0 Å². The van der Waals surface area contributed by atoms with Gasteiger partial charge in [-0.05, 0) is 63.2 Å². The summed E-state index contributed by atoms with van der Waals surface area (Å²) in [6, 6.07) is 36.7. The van der Waals surface area contributed by atoms with Crippen LogP contribution >= 0.6 is 0 Å². The molecular weight excluding hydrogens is 364 g/mol. The minimum atomic E-state index is -0.0778. The summed E-state index contributed by atoms with van der Waals surface area (Å²) in [5, 5.41) is 2.56. The molecule has 4 aromatic carbocycles. The molecular formula is C28H26N2. The largest absolute Gasteiger partial charge is 0.336 e. The summed E-state index contributed by atoms with van der Waals surface area (Å²) < 4.78 is 2.38. The Hall–Kier alpha value is -3.52. The van der Waals surface area contributed by atoms with Crippen LogP contribution < -0.4 is 4.90 Å². The van der Waals surface area contributed by atoms with Crippen molar-refractivity contribution < 1.29 is 0 Å². The van der Waals surface area contributed by atoms with Crippen molar-refractivity contribution in [3.05, 3.63) is 103 Å². The van der Waals surface area contributed by atoms with Crippen molar-refractivity contribution in [1.82, 2.24) is 4.57 Å². The first-order valence-corrected chi connectivity index (χ1v) is 10.5. The standard InChI is InChI=1S/C28H26N2/c1-28(2,3)30(22-15-8-5-9-16-22)26-20-12-19-25-27(26)23-17-10-11-18-24(23)29(25)21-13-6-4-7-14-21/h4-20H,1-3H3. The summed E-state index contributed by atoms with van der Waals surface area (Å²) in [7, 11) is 0. The predicted octanol–water partition coefficient (Wildman–Crippen LogP) is 7.72. The van der Waals surface area contributed by atoms with Crippen molar-refractivity contribution in [2.24, 2.45) is 0 Å². The van der Waals surface area contributed by atoms with E-state index in [2.05, 4.69) is 133 Å². The van der Waals surface area contributed by atoms with Crippen molar-refractivity contribution in [3.8, 4) is 5.69 Å². The van der Waals surface area contributed by atoms with Gasteiger partial charge in [-0.3, -0.25) is 0 Å². The zero-order chi connectivity index (χ0) is 20.7. The van der Waals surface area contributed by atoms with Crippen LogP contribution in [0.3, 0.4) is 0 Å². The predicted molar refractivity (Wildman–Crippen MR) is 129 cm³/mol. The average molecular weight is 391 g/mol. The van der Waals surface area contributed by atoms with Gasteiger partial charge >= 0.3 is 0 Å². The minimum Gasteiger partial charge on any atom is -0.336 e. The van der Waals surface area contributed by atoms with Crippen LogP contribution in [0.2, 0.25) is 0 Å². The molecule has 0 aliphatic heterocycles. The fraction of sp³-hybridized carbons (Fsp3) is 0.143. The number of hydrogen-bond acceptors (Lipinski definition) is 1. The van der Waals surface area contributed by atoms with Crippen molar-refractivity contribution in [2.75, 3.05) is 4.90 Å². The number of fused-ring (bicyclic) bond motifs is 3.